The van der Waals surface area contributed by atoms with Crippen LogP contribution in [0.3, 0.4) is 0 Å². The molecule has 0 unspecified atom stereocenters. The quantitative estimate of drug-likeness (QED) is 0.132. The highest BCUT2D eigenvalue weighted by Gasteiger charge is 2.16. The van der Waals surface area contributed by atoms with Gasteiger partial charge in [-0.2, -0.15) is 20.1 Å². The van der Waals surface area contributed by atoms with Gasteiger partial charge >= 0.3 is 0 Å². The second-order valence-electron chi connectivity index (χ2n) is 8.81. The number of furan rings is 1. The summed E-state index contributed by atoms with van der Waals surface area (Å²) >= 11 is 12.1. The number of nitro benzene ring substituents is 1. The lowest BCUT2D eigenvalue weighted by Gasteiger charge is -2.21. The van der Waals surface area contributed by atoms with E-state index in [0.717, 1.165) is 44.3 Å². The highest BCUT2D eigenvalue weighted by atomic mass is 35.5. The molecule has 1 aliphatic heterocycles. The number of halogens is 2. The summed E-state index contributed by atoms with van der Waals surface area (Å²) in [5.74, 6) is 2.17. The Kier molecular flexibility index (Phi) is 8.18. The Hall–Kier alpha value is -4.22. The second-order valence-corrected chi connectivity index (χ2v) is 9.63. The van der Waals surface area contributed by atoms with E-state index in [2.05, 4.69) is 35.7 Å². The van der Waals surface area contributed by atoms with E-state index in [9.17, 15) is 10.1 Å². The molecule has 4 aromatic rings. The monoisotopic (exact) mass is 566 g/mol. The summed E-state index contributed by atoms with van der Waals surface area (Å²) < 4.78 is 5.85. The van der Waals surface area contributed by atoms with Gasteiger partial charge in [0.25, 0.3) is 5.69 Å². The van der Waals surface area contributed by atoms with Crippen LogP contribution in [-0.4, -0.2) is 39.2 Å². The smallest absolute Gasteiger partial charge is 0.269 e. The number of non-ortho nitro benzene ring substituents is 1. The lowest BCUT2D eigenvalue weighted by Crippen LogP contribution is -2.26. The van der Waals surface area contributed by atoms with Crippen molar-refractivity contribution in [3.63, 3.8) is 0 Å². The molecule has 39 heavy (non-hydrogen) atoms. The fourth-order valence-corrected chi connectivity index (χ4v) is 4.36. The van der Waals surface area contributed by atoms with E-state index in [1.165, 1.54) is 18.3 Å². The first-order valence-corrected chi connectivity index (χ1v) is 13.1. The molecule has 1 saturated heterocycles. The number of nitro groups is 1. The SMILES string of the molecule is O=[N+]([O-])c1ccc(Nc2nc(N/N=C/c3ccc(-c4ccc(Cl)c(Cl)c4)o3)nc(N3CCCCCC3)n2)cc1. The van der Waals surface area contributed by atoms with Gasteiger partial charge in [0, 0.05) is 36.5 Å². The van der Waals surface area contributed by atoms with Crippen molar-refractivity contribution >= 4 is 58.6 Å². The maximum Gasteiger partial charge on any atom is 0.269 e. The van der Waals surface area contributed by atoms with Crippen molar-refractivity contribution in [1.29, 1.82) is 0 Å². The van der Waals surface area contributed by atoms with Crippen molar-refractivity contribution in [1.82, 2.24) is 15.0 Å². The van der Waals surface area contributed by atoms with Gasteiger partial charge in [-0.05, 0) is 55.3 Å². The highest BCUT2D eigenvalue weighted by Crippen LogP contribution is 2.29. The van der Waals surface area contributed by atoms with Crippen LogP contribution in [0.4, 0.5) is 29.2 Å². The summed E-state index contributed by atoms with van der Waals surface area (Å²) in [5, 5.41) is 19.2. The molecule has 1 fully saturated rings. The zero-order valence-electron chi connectivity index (χ0n) is 20.7. The first-order valence-electron chi connectivity index (χ1n) is 12.3. The van der Waals surface area contributed by atoms with Crippen LogP contribution in [0.1, 0.15) is 31.4 Å². The van der Waals surface area contributed by atoms with E-state index in [1.54, 1.807) is 30.3 Å². The zero-order chi connectivity index (χ0) is 27.2. The minimum atomic E-state index is -0.448. The summed E-state index contributed by atoms with van der Waals surface area (Å²) in [6, 6.07) is 14.9. The lowest BCUT2D eigenvalue weighted by atomic mass is 10.2. The lowest BCUT2D eigenvalue weighted by molar-refractivity contribution is -0.384. The first-order chi connectivity index (χ1) is 18.9. The zero-order valence-corrected chi connectivity index (χ0v) is 22.2. The summed E-state index contributed by atoms with van der Waals surface area (Å²) in [5.41, 5.74) is 4.25. The van der Waals surface area contributed by atoms with Gasteiger partial charge in [-0.3, -0.25) is 10.1 Å². The maximum atomic E-state index is 11.0. The number of hydrogen-bond acceptors (Lipinski definition) is 10. The normalized spacial score (nSPS) is 13.8. The van der Waals surface area contributed by atoms with Crippen molar-refractivity contribution in [2.45, 2.75) is 25.7 Å². The van der Waals surface area contributed by atoms with Gasteiger partial charge < -0.3 is 14.6 Å². The van der Waals surface area contributed by atoms with Crippen molar-refractivity contribution in [3.05, 3.63) is 80.5 Å². The standard InChI is InChI=1S/C26H24Cl2N8O3/c27-21-11-5-17(15-22(21)28)23-12-10-20(39-23)16-29-34-25-31-24(30-18-6-8-19(9-7-18)36(37)38)32-26(33-25)35-13-3-1-2-4-14-35/h5-12,15-16H,1-4,13-14H2,(H2,30,31,32,33,34)/b29-16+. The molecule has 3 heterocycles. The number of benzene rings is 2. The van der Waals surface area contributed by atoms with Crippen molar-refractivity contribution in [3.8, 4) is 11.3 Å². The third-order valence-corrected chi connectivity index (χ3v) is 6.77. The fraction of sp³-hybridized carbons (Fsp3) is 0.231. The average molecular weight is 567 g/mol. The average Bonchev–Trinajstić information content (AvgIpc) is 3.23. The number of hydrogen-bond donors (Lipinski definition) is 2. The number of nitrogens with zero attached hydrogens (tertiary/aromatic N) is 6. The van der Waals surface area contributed by atoms with E-state index in [0.29, 0.717) is 33.2 Å². The maximum absolute atomic E-state index is 11.0. The fourth-order valence-electron chi connectivity index (χ4n) is 4.06. The summed E-state index contributed by atoms with van der Waals surface area (Å²) in [6.07, 6.45) is 5.95. The van der Waals surface area contributed by atoms with Crippen LogP contribution in [0.2, 0.25) is 10.0 Å². The van der Waals surface area contributed by atoms with Crippen LogP contribution in [0.25, 0.3) is 11.3 Å². The number of rotatable bonds is 8. The molecular formula is C26H24Cl2N8O3. The van der Waals surface area contributed by atoms with E-state index >= 15 is 0 Å². The van der Waals surface area contributed by atoms with Gasteiger partial charge in [-0.25, -0.2) is 5.43 Å². The molecule has 2 N–H and O–H groups in total. The highest BCUT2D eigenvalue weighted by molar-refractivity contribution is 6.42. The summed E-state index contributed by atoms with van der Waals surface area (Å²) in [6.45, 7) is 1.68. The molecule has 2 aromatic heterocycles. The molecule has 0 bridgehead atoms. The third-order valence-electron chi connectivity index (χ3n) is 6.03. The van der Waals surface area contributed by atoms with Crippen LogP contribution >= 0.6 is 23.2 Å². The molecule has 1 aliphatic rings. The molecule has 13 heteroatoms. The third kappa shape index (κ3) is 6.81. The molecule has 0 atom stereocenters. The van der Waals surface area contributed by atoms with Crippen molar-refractivity contribution in [2.75, 3.05) is 28.7 Å². The van der Waals surface area contributed by atoms with Gasteiger partial charge in [0.15, 0.2) is 0 Å². The van der Waals surface area contributed by atoms with E-state index in [-0.39, 0.29) is 17.6 Å². The topological polar surface area (TPSA) is 135 Å². The predicted octanol–water partition coefficient (Wildman–Crippen LogP) is 6.92. The molecule has 200 valence electrons. The van der Waals surface area contributed by atoms with Gasteiger partial charge in [0.1, 0.15) is 11.5 Å². The van der Waals surface area contributed by atoms with Crippen molar-refractivity contribution < 1.29 is 9.34 Å². The van der Waals surface area contributed by atoms with E-state index in [4.69, 9.17) is 27.6 Å². The first kappa shape index (κ1) is 26.4. The Morgan fingerprint density at radius 3 is 2.38 bits per heavy atom. The number of nitrogens with one attached hydrogen (secondary N) is 2. The summed E-state index contributed by atoms with van der Waals surface area (Å²) in [7, 11) is 0. The van der Waals surface area contributed by atoms with Crippen LogP contribution in [0.5, 0.6) is 0 Å². The Morgan fingerprint density at radius 1 is 0.923 bits per heavy atom. The Bertz CT molecular complexity index is 1490. The van der Waals surface area contributed by atoms with Crippen LogP contribution in [0.15, 0.2) is 64.1 Å². The molecule has 0 amide bonds. The van der Waals surface area contributed by atoms with Crippen molar-refractivity contribution in [2.24, 2.45) is 5.10 Å². The second kappa shape index (κ2) is 12.1. The Labute approximate surface area is 234 Å². The molecule has 5 rings (SSSR count). The Balaban J connectivity index is 1.35. The molecule has 0 spiro atoms. The van der Waals surface area contributed by atoms with Crippen LogP contribution in [-0.2, 0) is 0 Å². The molecule has 2 aromatic carbocycles. The minimum Gasteiger partial charge on any atom is -0.455 e. The number of aromatic nitrogens is 3. The largest absolute Gasteiger partial charge is 0.455 e. The van der Waals surface area contributed by atoms with E-state index < -0.39 is 4.92 Å². The molecular weight excluding hydrogens is 543 g/mol. The van der Waals surface area contributed by atoms with E-state index in [1.807, 2.05) is 12.1 Å². The van der Waals surface area contributed by atoms with Crippen LogP contribution in [0, 0.1) is 10.1 Å². The van der Waals surface area contributed by atoms with Gasteiger partial charge in [0.05, 0.1) is 21.2 Å². The predicted molar refractivity (Wildman–Crippen MR) is 152 cm³/mol. The molecule has 0 radical (unpaired) electrons. The Morgan fingerprint density at radius 2 is 1.67 bits per heavy atom. The molecule has 0 aliphatic carbocycles. The van der Waals surface area contributed by atoms with Gasteiger partial charge in [0.2, 0.25) is 17.8 Å². The van der Waals surface area contributed by atoms with Gasteiger partial charge in [-0.1, -0.05) is 36.0 Å². The number of hydrazone groups is 1. The van der Waals surface area contributed by atoms with Gasteiger partial charge in [-0.15, -0.1) is 0 Å². The molecule has 11 nitrogen and oxygen atoms in total. The summed E-state index contributed by atoms with van der Waals surface area (Å²) in [4.78, 5) is 26.2. The van der Waals surface area contributed by atoms with Crippen LogP contribution < -0.4 is 15.6 Å². The minimum absolute atomic E-state index is 0.00149. The molecule has 0 saturated carbocycles. The number of anilines is 4.